The lowest BCUT2D eigenvalue weighted by Gasteiger charge is -2.10. The maximum absolute atomic E-state index is 5.61. The number of rotatable bonds is 5. The van der Waals surface area contributed by atoms with E-state index in [0.29, 0.717) is 6.61 Å². The number of ether oxygens (including phenoxy) is 2. The predicted molar refractivity (Wildman–Crippen MR) is 55.4 cm³/mol. The highest BCUT2D eigenvalue weighted by Gasteiger charge is 2.44. The number of para-hydroxylation sites is 1. The molecule has 1 aliphatic heterocycles. The van der Waals surface area contributed by atoms with Gasteiger partial charge < -0.3 is 9.47 Å². The molecule has 1 aromatic rings. The summed E-state index contributed by atoms with van der Waals surface area (Å²) in [5.41, 5.74) is -0.0857. The zero-order valence-corrected chi connectivity index (χ0v) is 8.11. The normalized spacial score (nSPS) is 24.3. The van der Waals surface area contributed by atoms with Gasteiger partial charge >= 0.3 is 0 Å². The van der Waals surface area contributed by atoms with E-state index in [1.807, 2.05) is 36.4 Å². The van der Waals surface area contributed by atoms with Gasteiger partial charge in [0.05, 0.1) is 6.61 Å². The third-order valence-electron chi connectivity index (χ3n) is 2.31. The maximum atomic E-state index is 5.61. The van der Waals surface area contributed by atoms with Crippen LogP contribution in [0.4, 0.5) is 0 Å². The fraction of sp³-hybridized carbons (Fsp3) is 0.333. The smallest absolute Gasteiger partial charge is 0.129 e. The Hall–Kier alpha value is -1.28. The molecule has 1 fully saturated rings. The summed E-state index contributed by atoms with van der Waals surface area (Å²) in [6.45, 7) is 5.10. The van der Waals surface area contributed by atoms with Crippen LogP contribution >= 0.6 is 0 Å². The first kappa shape index (κ1) is 9.28. The molecule has 0 bridgehead atoms. The minimum atomic E-state index is -0.0857. The highest BCUT2D eigenvalue weighted by atomic mass is 16.6. The number of epoxide rings is 1. The summed E-state index contributed by atoms with van der Waals surface area (Å²) >= 11 is 0. The third-order valence-corrected chi connectivity index (χ3v) is 2.31. The molecule has 14 heavy (non-hydrogen) atoms. The van der Waals surface area contributed by atoms with Crippen molar-refractivity contribution in [2.45, 2.75) is 12.0 Å². The Balaban J connectivity index is 1.86. The number of hydrogen-bond donors (Lipinski definition) is 0. The minimum absolute atomic E-state index is 0.0857. The number of hydrogen-bond acceptors (Lipinski definition) is 2. The van der Waals surface area contributed by atoms with E-state index in [1.54, 1.807) is 0 Å². The molecule has 74 valence electrons. The second-order valence-electron chi connectivity index (χ2n) is 3.57. The Morgan fingerprint density at radius 3 is 2.71 bits per heavy atom. The molecule has 0 aromatic heterocycles. The van der Waals surface area contributed by atoms with Gasteiger partial charge in [0, 0.05) is 0 Å². The van der Waals surface area contributed by atoms with Crippen LogP contribution in [0.1, 0.15) is 6.42 Å². The largest absolute Gasteiger partial charge is 0.490 e. The van der Waals surface area contributed by atoms with Crippen LogP contribution in [0.3, 0.4) is 0 Å². The van der Waals surface area contributed by atoms with Crippen LogP contribution in [0, 0.1) is 0 Å². The standard InChI is InChI=1S/C12H14O2/c1-2-8-12(10-14-12)9-13-11-6-4-3-5-7-11/h2-7H,1,8-10H2. The van der Waals surface area contributed by atoms with E-state index in [2.05, 4.69) is 6.58 Å². The topological polar surface area (TPSA) is 21.8 Å². The zero-order chi connectivity index (χ0) is 9.86. The molecule has 0 aliphatic carbocycles. The molecule has 2 nitrogen and oxygen atoms in total. The van der Waals surface area contributed by atoms with Crippen molar-refractivity contribution < 1.29 is 9.47 Å². The first-order chi connectivity index (χ1) is 6.85. The van der Waals surface area contributed by atoms with Crippen LogP contribution in [0.15, 0.2) is 43.0 Å². The van der Waals surface area contributed by atoms with Crippen molar-refractivity contribution in [3.63, 3.8) is 0 Å². The minimum Gasteiger partial charge on any atom is -0.490 e. The Bertz CT molecular complexity index is 301. The van der Waals surface area contributed by atoms with Crippen LogP contribution < -0.4 is 4.74 Å². The molecule has 1 atom stereocenters. The zero-order valence-electron chi connectivity index (χ0n) is 8.11. The Morgan fingerprint density at radius 1 is 1.43 bits per heavy atom. The molecule has 1 aromatic carbocycles. The lowest BCUT2D eigenvalue weighted by atomic mass is 10.1. The van der Waals surface area contributed by atoms with E-state index < -0.39 is 0 Å². The highest BCUT2D eigenvalue weighted by molar-refractivity contribution is 5.21. The Labute approximate surface area is 84.2 Å². The summed E-state index contributed by atoms with van der Waals surface area (Å²) in [6, 6.07) is 9.79. The van der Waals surface area contributed by atoms with Crippen molar-refractivity contribution in [1.82, 2.24) is 0 Å². The van der Waals surface area contributed by atoms with Gasteiger partial charge in [-0.05, 0) is 18.6 Å². The molecular weight excluding hydrogens is 176 g/mol. The van der Waals surface area contributed by atoms with E-state index in [9.17, 15) is 0 Å². The molecule has 2 heteroatoms. The van der Waals surface area contributed by atoms with Gasteiger partial charge in [0.2, 0.25) is 0 Å². The quantitative estimate of drug-likeness (QED) is 0.525. The summed E-state index contributed by atoms with van der Waals surface area (Å²) < 4.78 is 11.0. The monoisotopic (exact) mass is 190 g/mol. The lowest BCUT2D eigenvalue weighted by molar-refractivity contribution is 0.190. The van der Waals surface area contributed by atoms with Gasteiger partial charge in [-0.1, -0.05) is 24.3 Å². The molecule has 1 saturated heterocycles. The lowest BCUT2D eigenvalue weighted by Crippen LogP contribution is -2.20. The van der Waals surface area contributed by atoms with E-state index in [-0.39, 0.29) is 5.60 Å². The fourth-order valence-electron chi connectivity index (χ4n) is 1.36. The van der Waals surface area contributed by atoms with E-state index in [0.717, 1.165) is 18.8 Å². The summed E-state index contributed by atoms with van der Waals surface area (Å²) in [5, 5.41) is 0. The van der Waals surface area contributed by atoms with Crippen LogP contribution in [0.25, 0.3) is 0 Å². The fourth-order valence-corrected chi connectivity index (χ4v) is 1.36. The van der Waals surface area contributed by atoms with Gasteiger partial charge in [-0.2, -0.15) is 0 Å². The summed E-state index contributed by atoms with van der Waals surface area (Å²) in [6.07, 6.45) is 2.74. The second-order valence-corrected chi connectivity index (χ2v) is 3.57. The second kappa shape index (κ2) is 3.84. The number of benzene rings is 1. The molecule has 0 N–H and O–H groups in total. The predicted octanol–water partition coefficient (Wildman–Crippen LogP) is 2.41. The van der Waals surface area contributed by atoms with Gasteiger partial charge in [0.15, 0.2) is 0 Å². The van der Waals surface area contributed by atoms with Crippen molar-refractivity contribution in [3.05, 3.63) is 43.0 Å². The van der Waals surface area contributed by atoms with E-state index >= 15 is 0 Å². The Kier molecular flexibility index (Phi) is 2.55. The Morgan fingerprint density at radius 2 is 2.14 bits per heavy atom. The van der Waals surface area contributed by atoms with Crippen molar-refractivity contribution in [1.29, 1.82) is 0 Å². The van der Waals surface area contributed by atoms with Gasteiger partial charge in [-0.25, -0.2) is 0 Å². The van der Waals surface area contributed by atoms with Crippen molar-refractivity contribution in [3.8, 4) is 5.75 Å². The SMILES string of the molecule is C=CCC1(COc2ccccc2)CO1. The van der Waals surface area contributed by atoms with Crippen LogP contribution in [-0.4, -0.2) is 18.8 Å². The van der Waals surface area contributed by atoms with Gasteiger partial charge in [0.1, 0.15) is 18.0 Å². The van der Waals surface area contributed by atoms with Gasteiger partial charge in [-0.15, -0.1) is 6.58 Å². The van der Waals surface area contributed by atoms with E-state index in [4.69, 9.17) is 9.47 Å². The first-order valence-electron chi connectivity index (χ1n) is 4.77. The van der Waals surface area contributed by atoms with Crippen LogP contribution in [-0.2, 0) is 4.74 Å². The van der Waals surface area contributed by atoms with Crippen LogP contribution in [0.2, 0.25) is 0 Å². The average molecular weight is 190 g/mol. The van der Waals surface area contributed by atoms with Crippen molar-refractivity contribution in [2.24, 2.45) is 0 Å². The molecule has 0 radical (unpaired) electrons. The van der Waals surface area contributed by atoms with Crippen molar-refractivity contribution in [2.75, 3.05) is 13.2 Å². The molecule has 2 rings (SSSR count). The maximum Gasteiger partial charge on any atom is 0.129 e. The molecule has 1 heterocycles. The summed E-state index contributed by atoms with van der Waals surface area (Å²) in [7, 11) is 0. The van der Waals surface area contributed by atoms with Gasteiger partial charge in [-0.3, -0.25) is 0 Å². The average Bonchev–Trinajstić information content (AvgIpc) is 2.98. The molecule has 1 aliphatic rings. The summed E-state index contributed by atoms with van der Waals surface area (Å²) in [4.78, 5) is 0. The molecule has 0 saturated carbocycles. The van der Waals surface area contributed by atoms with Gasteiger partial charge in [0.25, 0.3) is 0 Å². The molecule has 0 spiro atoms. The van der Waals surface area contributed by atoms with E-state index in [1.165, 1.54) is 0 Å². The molecule has 0 amide bonds. The first-order valence-corrected chi connectivity index (χ1v) is 4.77. The summed E-state index contributed by atoms with van der Waals surface area (Å²) in [5.74, 6) is 0.895. The molecule has 1 unspecified atom stereocenters. The van der Waals surface area contributed by atoms with Crippen LogP contribution in [0.5, 0.6) is 5.75 Å². The third kappa shape index (κ3) is 2.15. The highest BCUT2D eigenvalue weighted by Crippen LogP contribution is 2.31. The van der Waals surface area contributed by atoms with Crippen molar-refractivity contribution >= 4 is 0 Å². The molecular formula is C12H14O2.